The van der Waals surface area contributed by atoms with Gasteiger partial charge in [-0.15, -0.1) is 25.3 Å². The summed E-state index contributed by atoms with van der Waals surface area (Å²) in [6.45, 7) is 0.607. The molecule has 0 fully saturated rings. The zero-order valence-corrected chi connectivity index (χ0v) is 12.3. The first-order valence-electron chi connectivity index (χ1n) is 5.61. The number of rotatable bonds is 9. The van der Waals surface area contributed by atoms with Gasteiger partial charge in [0.15, 0.2) is 4.08 Å². The van der Waals surface area contributed by atoms with Gasteiger partial charge in [-0.25, -0.2) is 4.79 Å². The summed E-state index contributed by atoms with van der Waals surface area (Å²) >= 11 is 7.36. The van der Waals surface area contributed by atoms with E-state index >= 15 is 0 Å². The van der Waals surface area contributed by atoms with Gasteiger partial charge in [0.05, 0.1) is 32.5 Å². The number of aliphatic hydroxyl groups is 4. The van der Waals surface area contributed by atoms with Crippen molar-refractivity contribution in [2.75, 3.05) is 33.0 Å². The van der Waals surface area contributed by atoms with Crippen LogP contribution in [0.2, 0.25) is 0 Å². The minimum absolute atomic E-state index is 0.0278. The lowest BCUT2D eigenvalue weighted by molar-refractivity contribution is -0.139. The zero-order valence-electron chi connectivity index (χ0n) is 10.5. The molecular formula is C10H22O7S2. The first-order chi connectivity index (χ1) is 8.84. The van der Waals surface area contributed by atoms with E-state index in [-0.39, 0.29) is 26.2 Å². The number of ether oxygens (including phenoxy) is 1. The summed E-state index contributed by atoms with van der Waals surface area (Å²) in [6, 6.07) is 0. The van der Waals surface area contributed by atoms with Crippen LogP contribution >= 0.6 is 25.3 Å². The average Bonchev–Trinajstić information content (AvgIpc) is 2.37. The standard InChI is InChI=1S/C6H12O4S2.C4H10O3/c7-3-1-2-4(8)6(11,12)5(9)10;5-1-3-7-4-2-6/h4,7-8,11-12H,1-3H2,(H,9,10);5-6H,1-4H2. The molecule has 0 aromatic rings. The van der Waals surface area contributed by atoms with E-state index in [2.05, 4.69) is 30.0 Å². The second kappa shape index (κ2) is 13.0. The number of hydrogen-bond acceptors (Lipinski definition) is 8. The van der Waals surface area contributed by atoms with Crippen LogP contribution in [0.4, 0.5) is 0 Å². The summed E-state index contributed by atoms with van der Waals surface area (Å²) in [7, 11) is 0. The smallest absolute Gasteiger partial charge is 0.332 e. The number of carboxylic acid groups (broad SMARTS) is 1. The van der Waals surface area contributed by atoms with Gasteiger partial charge >= 0.3 is 5.97 Å². The molecule has 0 amide bonds. The average molecular weight is 318 g/mol. The first kappa shape index (κ1) is 21.3. The molecule has 7 nitrogen and oxygen atoms in total. The van der Waals surface area contributed by atoms with E-state index < -0.39 is 16.2 Å². The van der Waals surface area contributed by atoms with Gasteiger partial charge in [0, 0.05) is 6.61 Å². The fraction of sp³-hybridized carbons (Fsp3) is 0.900. The highest BCUT2D eigenvalue weighted by Gasteiger charge is 2.37. The van der Waals surface area contributed by atoms with Gasteiger partial charge in [-0.1, -0.05) is 0 Å². The summed E-state index contributed by atoms with van der Waals surface area (Å²) in [5, 5.41) is 42.4. The number of aliphatic hydroxyl groups excluding tert-OH is 4. The predicted molar refractivity (Wildman–Crippen MR) is 75.7 cm³/mol. The molecular weight excluding hydrogens is 296 g/mol. The van der Waals surface area contributed by atoms with Crippen LogP contribution in [-0.2, 0) is 9.53 Å². The number of hydrogen-bond donors (Lipinski definition) is 7. The van der Waals surface area contributed by atoms with E-state index in [9.17, 15) is 9.90 Å². The first-order valence-corrected chi connectivity index (χ1v) is 6.50. The molecule has 0 heterocycles. The van der Waals surface area contributed by atoms with Crippen molar-refractivity contribution in [2.24, 2.45) is 0 Å². The molecule has 1 atom stereocenters. The predicted octanol–water partition coefficient (Wildman–Crippen LogP) is -1.25. The summed E-state index contributed by atoms with van der Waals surface area (Å²) in [5.74, 6) is -1.29. The van der Waals surface area contributed by atoms with Crippen molar-refractivity contribution in [1.29, 1.82) is 0 Å². The minimum Gasteiger partial charge on any atom is -0.480 e. The zero-order chi connectivity index (χ0) is 15.3. The van der Waals surface area contributed by atoms with Crippen molar-refractivity contribution in [3.8, 4) is 0 Å². The van der Waals surface area contributed by atoms with Crippen molar-refractivity contribution in [2.45, 2.75) is 23.0 Å². The molecule has 0 aromatic heterocycles. The molecule has 5 N–H and O–H groups in total. The second-order valence-electron chi connectivity index (χ2n) is 3.47. The Hall–Kier alpha value is -0.0300. The number of aliphatic carboxylic acids is 1. The van der Waals surface area contributed by atoms with Gasteiger partial charge < -0.3 is 30.3 Å². The molecule has 0 bridgehead atoms. The van der Waals surface area contributed by atoms with Gasteiger partial charge in [-0.2, -0.15) is 0 Å². The summed E-state index contributed by atoms with van der Waals surface area (Å²) in [4.78, 5) is 10.5. The van der Waals surface area contributed by atoms with Gasteiger partial charge in [0.2, 0.25) is 0 Å². The van der Waals surface area contributed by atoms with E-state index in [0.29, 0.717) is 19.6 Å². The van der Waals surface area contributed by atoms with E-state index in [4.69, 9.17) is 20.4 Å². The van der Waals surface area contributed by atoms with E-state index in [1.807, 2.05) is 0 Å². The van der Waals surface area contributed by atoms with Crippen molar-refractivity contribution >= 4 is 31.2 Å². The molecule has 0 aromatic carbocycles. The maximum Gasteiger partial charge on any atom is 0.332 e. The SMILES string of the molecule is O=C(O)C(S)(S)C(O)CCCO.OCCOCCO. The lowest BCUT2D eigenvalue weighted by Crippen LogP contribution is -2.39. The number of thiol groups is 2. The molecule has 0 spiro atoms. The van der Waals surface area contributed by atoms with Crippen molar-refractivity contribution in [3.05, 3.63) is 0 Å². The van der Waals surface area contributed by atoms with Crippen LogP contribution in [-0.4, -0.2) is 74.7 Å². The van der Waals surface area contributed by atoms with Crippen LogP contribution in [0.25, 0.3) is 0 Å². The Morgan fingerprint density at radius 2 is 1.58 bits per heavy atom. The highest BCUT2D eigenvalue weighted by atomic mass is 32.2. The molecule has 0 saturated heterocycles. The third kappa shape index (κ3) is 11.5. The lowest BCUT2D eigenvalue weighted by Gasteiger charge is -2.23. The Bertz CT molecular complexity index is 222. The highest BCUT2D eigenvalue weighted by molar-refractivity contribution is 8.02. The Balaban J connectivity index is 0. The molecule has 0 radical (unpaired) electrons. The molecule has 116 valence electrons. The summed E-state index contributed by atoms with van der Waals surface area (Å²) < 4.78 is 2.89. The fourth-order valence-corrected chi connectivity index (χ4v) is 1.12. The van der Waals surface area contributed by atoms with E-state index in [1.165, 1.54) is 0 Å². The van der Waals surface area contributed by atoms with Crippen LogP contribution in [0.3, 0.4) is 0 Å². The van der Waals surface area contributed by atoms with Crippen LogP contribution in [0.1, 0.15) is 12.8 Å². The molecule has 0 rings (SSSR count). The Labute approximate surface area is 123 Å². The molecule has 9 heteroatoms. The molecule has 0 aliphatic heterocycles. The van der Waals surface area contributed by atoms with Crippen LogP contribution in [0, 0.1) is 0 Å². The maximum atomic E-state index is 10.5. The van der Waals surface area contributed by atoms with Crippen LogP contribution in [0.5, 0.6) is 0 Å². The summed E-state index contributed by atoms with van der Waals surface area (Å²) in [6.07, 6.45) is -0.679. The lowest BCUT2D eigenvalue weighted by atomic mass is 10.1. The van der Waals surface area contributed by atoms with Gasteiger partial charge in [-0.05, 0) is 12.8 Å². The minimum atomic E-state index is -1.74. The fourth-order valence-electron chi connectivity index (χ4n) is 0.860. The van der Waals surface area contributed by atoms with Gasteiger partial charge in [0.25, 0.3) is 0 Å². The van der Waals surface area contributed by atoms with Crippen molar-refractivity contribution in [1.82, 2.24) is 0 Å². The maximum absolute atomic E-state index is 10.5. The Kier molecular flexibility index (Phi) is 14.5. The normalized spacial score (nSPS) is 12.5. The van der Waals surface area contributed by atoms with Gasteiger partial charge in [-0.3, -0.25) is 0 Å². The largest absolute Gasteiger partial charge is 0.480 e. The Morgan fingerprint density at radius 1 is 1.11 bits per heavy atom. The number of carboxylic acids is 1. The summed E-state index contributed by atoms with van der Waals surface area (Å²) in [5.41, 5.74) is 0. The van der Waals surface area contributed by atoms with Crippen molar-refractivity contribution in [3.63, 3.8) is 0 Å². The van der Waals surface area contributed by atoms with Crippen LogP contribution < -0.4 is 0 Å². The molecule has 19 heavy (non-hydrogen) atoms. The van der Waals surface area contributed by atoms with E-state index in [1.54, 1.807) is 0 Å². The third-order valence-electron chi connectivity index (χ3n) is 1.89. The van der Waals surface area contributed by atoms with Crippen molar-refractivity contribution < 1.29 is 35.1 Å². The second-order valence-corrected chi connectivity index (χ2v) is 5.24. The Morgan fingerprint density at radius 3 is 1.89 bits per heavy atom. The molecule has 0 aliphatic carbocycles. The number of carbonyl (C=O) groups is 1. The monoisotopic (exact) mass is 318 g/mol. The topological polar surface area (TPSA) is 127 Å². The highest BCUT2D eigenvalue weighted by Crippen LogP contribution is 2.27. The van der Waals surface area contributed by atoms with Gasteiger partial charge in [0.1, 0.15) is 0 Å². The molecule has 0 saturated carbocycles. The third-order valence-corrected chi connectivity index (χ3v) is 2.87. The van der Waals surface area contributed by atoms with Crippen LogP contribution in [0.15, 0.2) is 0 Å². The molecule has 0 aliphatic rings. The quantitative estimate of drug-likeness (QED) is 0.161. The molecule has 1 unspecified atom stereocenters. The van der Waals surface area contributed by atoms with E-state index in [0.717, 1.165) is 0 Å².